The van der Waals surface area contributed by atoms with Crippen LogP contribution in [0.1, 0.15) is 25.3 Å². The van der Waals surface area contributed by atoms with Crippen molar-refractivity contribution in [2.24, 2.45) is 11.8 Å². The summed E-state index contributed by atoms with van der Waals surface area (Å²) < 4.78 is 5.13. The summed E-state index contributed by atoms with van der Waals surface area (Å²) in [6, 6.07) is 7.80. The van der Waals surface area contributed by atoms with Crippen molar-refractivity contribution in [1.29, 1.82) is 0 Å². The lowest BCUT2D eigenvalue weighted by molar-refractivity contribution is -0.135. The third-order valence-electron chi connectivity index (χ3n) is 4.13. The molecule has 116 valence electrons. The Balaban J connectivity index is 1.85. The molecule has 0 saturated heterocycles. The Labute approximate surface area is 126 Å². The molecule has 1 aromatic rings. The Morgan fingerprint density at radius 1 is 1.38 bits per heavy atom. The maximum absolute atomic E-state index is 12.3. The Morgan fingerprint density at radius 3 is 2.52 bits per heavy atom. The molecule has 4 heteroatoms. The molecule has 2 atom stereocenters. The van der Waals surface area contributed by atoms with E-state index in [0.29, 0.717) is 18.9 Å². The van der Waals surface area contributed by atoms with Gasteiger partial charge in [-0.15, -0.1) is 0 Å². The molecule has 1 N–H and O–H groups in total. The summed E-state index contributed by atoms with van der Waals surface area (Å²) >= 11 is 0. The first-order valence-corrected chi connectivity index (χ1v) is 7.57. The van der Waals surface area contributed by atoms with Crippen LogP contribution in [-0.2, 0) is 11.2 Å². The van der Waals surface area contributed by atoms with Gasteiger partial charge in [0.2, 0.25) is 5.91 Å². The van der Waals surface area contributed by atoms with E-state index in [9.17, 15) is 9.90 Å². The lowest BCUT2D eigenvalue weighted by atomic mass is 9.99. The summed E-state index contributed by atoms with van der Waals surface area (Å²) in [5, 5.41) is 9.93. The normalized spacial score (nSPS) is 17.1. The van der Waals surface area contributed by atoms with Crippen molar-refractivity contribution in [3.8, 4) is 5.75 Å². The van der Waals surface area contributed by atoms with Crippen LogP contribution < -0.4 is 4.74 Å². The van der Waals surface area contributed by atoms with Crippen LogP contribution in [0.2, 0.25) is 0 Å². The van der Waals surface area contributed by atoms with Gasteiger partial charge in [-0.2, -0.15) is 0 Å². The zero-order valence-corrected chi connectivity index (χ0v) is 13.1. The van der Waals surface area contributed by atoms with E-state index >= 15 is 0 Å². The number of hydrogen-bond donors (Lipinski definition) is 1. The number of amides is 1. The second kappa shape index (κ2) is 6.94. The van der Waals surface area contributed by atoms with Crippen molar-refractivity contribution in [2.45, 2.75) is 32.3 Å². The fourth-order valence-corrected chi connectivity index (χ4v) is 2.58. The minimum Gasteiger partial charge on any atom is -0.497 e. The van der Waals surface area contributed by atoms with Gasteiger partial charge in [0, 0.05) is 19.5 Å². The maximum Gasteiger partial charge on any atom is 0.225 e. The lowest BCUT2D eigenvalue weighted by Gasteiger charge is -2.24. The van der Waals surface area contributed by atoms with Gasteiger partial charge in [-0.1, -0.05) is 19.1 Å². The van der Waals surface area contributed by atoms with E-state index < -0.39 is 0 Å². The third kappa shape index (κ3) is 4.46. The second-order valence-corrected chi connectivity index (χ2v) is 6.08. The van der Waals surface area contributed by atoms with Crippen molar-refractivity contribution in [3.05, 3.63) is 29.8 Å². The Hall–Kier alpha value is -1.55. The van der Waals surface area contributed by atoms with E-state index in [4.69, 9.17) is 4.74 Å². The van der Waals surface area contributed by atoms with Crippen molar-refractivity contribution in [2.75, 3.05) is 20.7 Å². The van der Waals surface area contributed by atoms with Crippen LogP contribution in [-0.4, -0.2) is 42.7 Å². The molecule has 1 fully saturated rings. The molecule has 1 aliphatic carbocycles. The summed E-state index contributed by atoms with van der Waals surface area (Å²) in [6.07, 6.45) is 2.51. The summed E-state index contributed by atoms with van der Waals surface area (Å²) in [7, 11) is 3.42. The monoisotopic (exact) mass is 291 g/mol. The molecule has 0 aliphatic heterocycles. The van der Waals surface area contributed by atoms with Crippen molar-refractivity contribution < 1.29 is 14.6 Å². The largest absolute Gasteiger partial charge is 0.497 e. The van der Waals surface area contributed by atoms with Crippen molar-refractivity contribution in [1.82, 2.24) is 4.90 Å². The minimum atomic E-state index is -0.368. The average molecular weight is 291 g/mol. The molecule has 4 nitrogen and oxygen atoms in total. The molecule has 21 heavy (non-hydrogen) atoms. The predicted octanol–water partition coefficient (Wildman–Crippen LogP) is 2.10. The molecule has 1 saturated carbocycles. The molecule has 0 spiro atoms. The third-order valence-corrected chi connectivity index (χ3v) is 4.13. The average Bonchev–Trinajstić information content (AvgIpc) is 3.31. The first-order valence-electron chi connectivity index (χ1n) is 7.57. The molecule has 2 unspecified atom stereocenters. The summed E-state index contributed by atoms with van der Waals surface area (Å²) in [5.41, 5.74) is 1.12. The smallest absolute Gasteiger partial charge is 0.225 e. The van der Waals surface area contributed by atoms with Crippen LogP contribution in [0.3, 0.4) is 0 Å². The number of methoxy groups -OCH3 is 1. The van der Waals surface area contributed by atoms with E-state index in [2.05, 4.69) is 0 Å². The Morgan fingerprint density at radius 2 is 2.00 bits per heavy atom. The van der Waals surface area contributed by atoms with E-state index in [0.717, 1.165) is 24.2 Å². The zero-order valence-electron chi connectivity index (χ0n) is 13.1. The number of likely N-dealkylation sites (N-methyl/N-ethyl adjacent to an activating group) is 1. The van der Waals surface area contributed by atoms with Gasteiger partial charge >= 0.3 is 0 Å². The molecule has 2 rings (SSSR count). The quantitative estimate of drug-likeness (QED) is 0.837. The van der Waals surface area contributed by atoms with Crippen LogP contribution in [0, 0.1) is 11.8 Å². The van der Waals surface area contributed by atoms with Gasteiger partial charge < -0.3 is 14.7 Å². The number of nitrogens with zero attached hydrogens (tertiary/aromatic N) is 1. The molecule has 1 aliphatic rings. The number of carbonyl (C=O) groups excluding carboxylic acids is 1. The molecule has 1 aromatic carbocycles. The van der Waals surface area contributed by atoms with Crippen molar-refractivity contribution >= 4 is 5.91 Å². The number of ether oxygens (including phenoxy) is 1. The number of hydrogen-bond acceptors (Lipinski definition) is 3. The van der Waals surface area contributed by atoms with Gasteiger partial charge in [-0.3, -0.25) is 4.79 Å². The van der Waals surface area contributed by atoms with Gasteiger partial charge in [0.25, 0.3) is 0 Å². The van der Waals surface area contributed by atoms with Gasteiger partial charge in [0.15, 0.2) is 0 Å². The highest BCUT2D eigenvalue weighted by atomic mass is 16.5. The van der Waals surface area contributed by atoms with E-state index in [1.807, 2.05) is 31.2 Å². The molecule has 0 heterocycles. The Kier molecular flexibility index (Phi) is 5.23. The molecule has 1 amide bonds. The number of carbonyl (C=O) groups is 1. The highest BCUT2D eigenvalue weighted by molar-refractivity contribution is 5.78. The molecule has 0 radical (unpaired) electrons. The van der Waals surface area contributed by atoms with E-state index in [-0.39, 0.29) is 17.9 Å². The minimum absolute atomic E-state index is 0.0882. The van der Waals surface area contributed by atoms with Gasteiger partial charge in [-0.05, 0) is 42.9 Å². The highest BCUT2D eigenvalue weighted by Gasteiger charge is 2.31. The van der Waals surface area contributed by atoms with Gasteiger partial charge in [-0.25, -0.2) is 0 Å². The van der Waals surface area contributed by atoms with Crippen LogP contribution in [0.5, 0.6) is 5.75 Å². The summed E-state index contributed by atoms with van der Waals surface area (Å²) in [6.45, 7) is 2.38. The summed E-state index contributed by atoms with van der Waals surface area (Å²) in [4.78, 5) is 14.0. The fraction of sp³-hybridized carbons (Fsp3) is 0.588. The Bertz CT molecular complexity index is 467. The van der Waals surface area contributed by atoms with Crippen LogP contribution in [0.25, 0.3) is 0 Å². The summed E-state index contributed by atoms with van der Waals surface area (Å²) in [5.74, 6) is 1.22. The van der Waals surface area contributed by atoms with Crippen molar-refractivity contribution in [3.63, 3.8) is 0 Å². The molecule has 0 bridgehead atoms. The number of rotatable bonds is 7. The first kappa shape index (κ1) is 15.8. The first-order chi connectivity index (χ1) is 10.0. The second-order valence-electron chi connectivity index (χ2n) is 6.08. The van der Waals surface area contributed by atoms with E-state index in [1.165, 1.54) is 0 Å². The number of benzene rings is 1. The lowest BCUT2D eigenvalue weighted by Crippen LogP contribution is -2.38. The fourth-order valence-electron chi connectivity index (χ4n) is 2.58. The maximum atomic E-state index is 12.3. The number of aliphatic hydroxyl groups excluding tert-OH is 1. The topological polar surface area (TPSA) is 49.8 Å². The van der Waals surface area contributed by atoms with Crippen LogP contribution in [0.15, 0.2) is 24.3 Å². The predicted molar refractivity (Wildman–Crippen MR) is 82.2 cm³/mol. The molecular formula is C17H25NO3. The standard InChI is InChI=1S/C17H25NO3/c1-12(10-13-4-8-15(21-3)9-5-13)17(20)18(2)11-16(19)14-6-7-14/h4-5,8-9,12,14,16,19H,6-7,10-11H2,1-3H3. The van der Waals surface area contributed by atoms with Gasteiger partial charge in [0.1, 0.15) is 5.75 Å². The van der Waals surface area contributed by atoms with E-state index in [1.54, 1.807) is 19.1 Å². The highest BCUT2D eigenvalue weighted by Crippen LogP contribution is 2.32. The molecule has 0 aromatic heterocycles. The van der Waals surface area contributed by atoms with Gasteiger partial charge in [0.05, 0.1) is 13.2 Å². The van der Waals surface area contributed by atoms with Crippen LogP contribution in [0.4, 0.5) is 0 Å². The zero-order chi connectivity index (χ0) is 15.4. The molecular weight excluding hydrogens is 266 g/mol. The SMILES string of the molecule is COc1ccc(CC(C)C(=O)N(C)CC(O)C2CC2)cc1. The number of aliphatic hydroxyl groups is 1. The van der Waals surface area contributed by atoms with Crippen LogP contribution >= 0.6 is 0 Å².